The highest BCUT2D eigenvalue weighted by atomic mass is 16.8. The van der Waals surface area contributed by atoms with Crippen molar-refractivity contribution in [2.24, 2.45) is 0 Å². The molecule has 4 heterocycles. The topological polar surface area (TPSA) is 384 Å². The van der Waals surface area contributed by atoms with Crippen molar-refractivity contribution in [1.29, 1.82) is 0 Å². The van der Waals surface area contributed by atoms with Crippen LogP contribution in [0.15, 0.2) is 69.9 Å². The van der Waals surface area contributed by atoms with Gasteiger partial charge in [0.15, 0.2) is 42.0 Å². The van der Waals surface area contributed by atoms with Crippen LogP contribution >= 0.6 is 0 Å². The summed E-state index contributed by atoms with van der Waals surface area (Å²) >= 11 is 0. The van der Waals surface area contributed by atoms with Crippen LogP contribution in [0.4, 0.5) is 0 Å². The number of carbonyl (C=O) groups excluding carboxylic acids is 1. The van der Waals surface area contributed by atoms with E-state index in [0.717, 1.165) is 18.2 Å². The largest absolute Gasteiger partial charge is 0.508 e. The van der Waals surface area contributed by atoms with E-state index in [4.69, 9.17) is 42.3 Å². The fourth-order valence-electron chi connectivity index (χ4n) is 7.55. The molecule has 0 unspecified atom stereocenters. The van der Waals surface area contributed by atoms with Crippen LogP contribution < -0.4 is 14.9 Å². The number of aromatic hydroxyl groups is 4. The van der Waals surface area contributed by atoms with Crippen LogP contribution in [0.2, 0.25) is 0 Å². The Morgan fingerprint density at radius 3 is 1.97 bits per heavy atom. The molecule has 24 heteroatoms. The van der Waals surface area contributed by atoms with Gasteiger partial charge < -0.3 is 109 Å². The Balaban J connectivity index is 1.21. The summed E-state index contributed by atoms with van der Waals surface area (Å²) in [6.07, 6.45) is -26.4. The quantitative estimate of drug-likeness (QED) is 0.0455. The Morgan fingerprint density at radius 1 is 0.672 bits per heavy atom. The summed E-state index contributed by atoms with van der Waals surface area (Å²) in [7, 11) is 1.31. The molecule has 3 aromatic carbocycles. The Morgan fingerprint density at radius 2 is 1.30 bits per heavy atom. The first-order valence-electron chi connectivity index (χ1n) is 20.4. The Bertz CT molecular complexity index is 2440. The lowest BCUT2D eigenvalue weighted by atomic mass is 9.97. The van der Waals surface area contributed by atoms with E-state index in [0.29, 0.717) is 5.56 Å². The van der Waals surface area contributed by atoms with Crippen molar-refractivity contribution in [2.75, 3.05) is 26.9 Å². The van der Waals surface area contributed by atoms with E-state index < -0.39 is 152 Å². The van der Waals surface area contributed by atoms with Gasteiger partial charge in [-0.1, -0.05) is 6.07 Å². The molecule has 364 valence electrons. The molecule has 0 radical (unpaired) electrons. The standard InChI is InChI=1S/C43H48O24/c1-59-22-10-16(2-8-20(22)48)3-9-27(50)65-39-34(56)30(52)25(14-45)63-42(39)60-15-26-31(53)35(57)40(67-41-36(58)33(55)29(51)24(13-44)62-41)43(64-26)66-38-32(54)28-21(49)11-19(47)12-23(28)61-37(38)17-4-6-18(46)7-5-17/h2-12,24-26,29-31,33-36,39-49,51-53,55-58H,13-15H2,1H3/b9-3+/t24-,25+,26+,29-,30+,31+,33+,34-,35-,36-,39+,40+,41+,42+,43-/m0/s1. The molecule has 15 atom stereocenters. The van der Waals surface area contributed by atoms with Crippen molar-refractivity contribution in [1.82, 2.24) is 0 Å². The minimum Gasteiger partial charge on any atom is -0.508 e. The first-order valence-corrected chi connectivity index (χ1v) is 20.4. The molecular formula is C43H48O24. The summed E-state index contributed by atoms with van der Waals surface area (Å²) in [4.78, 5) is 27.3. The zero-order valence-corrected chi connectivity index (χ0v) is 34.9. The number of rotatable bonds is 14. The molecule has 0 amide bonds. The zero-order valence-electron chi connectivity index (χ0n) is 34.9. The molecule has 3 aliphatic heterocycles. The van der Waals surface area contributed by atoms with E-state index in [9.17, 15) is 76.0 Å². The smallest absolute Gasteiger partial charge is 0.331 e. The highest BCUT2D eigenvalue weighted by Crippen LogP contribution is 2.39. The van der Waals surface area contributed by atoms with Crippen LogP contribution in [0.1, 0.15) is 5.56 Å². The monoisotopic (exact) mass is 948 g/mol. The van der Waals surface area contributed by atoms with E-state index in [1.807, 2.05) is 0 Å². The third-order valence-corrected chi connectivity index (χ3v) is 11.2. The minimum atomic E-state index is -2.18. The summed E-state index contributed by atoms with van der Waals surface area (Å²) in [5.74, 6) is -3.83. The number of hydrogen-bond acceptors (Lipinski definition) is 24. The summed E-state index contributed by atoms with van der Waals surface area (Å²) < 4.78 is 51.3. The predicted molar refractivity (Wildman–Crippen MR) is 220 cm³/mol. The molecule has 3 fully saturated rings. The van der Waals surface area contributed by atoms with Crippen molar-refractivity contribution in [3.63, 3.8) is 0 Å². The number of benzene rings is 3. The summed E-state index contributed by atoms with van der Waals surface area (Å²) in [6.45, 7) is -2.64. The van der Waals surface area contributed by atoms with Gasteiger partial charge in [0.25, 0.3) is 0 Å². The fourth-order valence-corrected chi connectivity index (χ4v) is 7.55. The summed E-state index contributed by atoms with van der Waals surface area (Å²) in [6, 6.07) is 11.0. The van der Waals surface area contributed by atoms with E-state index in [1.54, 1.807) is 0 Å². The number of aliphatic hydroxyl groups is 9. The second-order valence-corrected chi connectivity index (χ2v) is 15.6. The van der Waals surface area contributed by atoms with Crippen LogP contribution in [0.5, 0.6) is 34.5 Å². The zero-order chi connectivity index (χ0) is 48.4. The molecule has 0 saturated carbocycles. The second kappa shape index (κ2) is 20.7. The lowest BCUT2D eigenvalue weighted by Crippen LogP contribution is -2.65. The molecule has 3 saturated heterocycles. The SMILES string of the molecule is COc1cc(/C=C/C(=O)O[C@H]2[C@H](OC[C@H]3O[C@@H](Oc4c(-c5ccc(O)cc5)oc5cc(O)cc(O)c5c4=O)[C@H](O[C@H]4O[C@@H](CO)[C@H](O)[C@@H](O)[C@@H]4O)[C@@H](O)[C@@H]3O)O[C@H](CO)[C@@H](O)[C@@H]2O)ccc1O. The number of hydrogen-bond donors (Lipinski definition) is 13. The number of methoxy groups -OCH3 is 1. The first kappa shape index (κ1) is 49.2. The van der Waals surface area contributed by atoms with Crippen molar-refractivity contribution >= 4 is 23.0 Å². The van der Waals surface area contributed by atoms with Gasteiger partial charge >= 0.3 is 5.97 Å². The number of fused-ring (bicyclic) bond motifs is 1. The van der Waals surface area contributed by atoms with Gasteiger partial charge in [0.2, 0.25) is 17.5 Å². The maximum Gasteiger partial charge on any atom is 0.331 e. The van der Waals surface area contributed by atoms with E-state index in [2.05, 4.69) is 0 Å². The van der Waals surface area contributed by atoms with Gasteiger partial charge in [-0.05, 0) is 48.0 Å². The van der Waals surface area contributed by atoms with Gasteiger partial charge in [-0.2, -0.15) is 0 Å². The normalized spacial score (nSPS) is 32.3. The third kappa shape index (κ3) is 10.3. The van der Waals surface area contributed by atoms with E-state index >= 15 is 0 Å². The number of phenolic OH excluding ortho intramolecular Hbond substituents is 4. The van der Waals surface area contributed by atoms with Gasteiger partial charge in [0, 0.05) is 23.8 Å². The predicted octanol–water partition coefficient (Wildman–Crippen LogP) is -2.62. The second-order valence-electron chi connectivity index (χ2n) is 15.6. The van der Waals surface area contributed by atoms with Gasteiger partial charge in [-0.25, -0.2) is 4.79 Å². The molecule has 67 heavy (non-hydrogen) atoms. The van der Waals surface area contributed by atoms with Crippen LogP contribution in [0.25, 0.3) is 28.4 Å². The molecular weight excluding hydrogens is 900 g/mol. The highest BCUT2D eigenvalue weighted by Gasteiger charge is 2.53. The van der Waals surface area contributed by atoms with Gasteiger partial charge in [-0.15, -0.1) is 0 Å². The van der Waals surface area contributed by atoms with Crippen molar-refractivity contribution in [3.05, 3.63) is 76.5 Å². The van der Waals surface area contributed by atoms with Gasteiger partial charge in [-0.3, -0.25) is 4.79 Å². The first-order chi connectivity index (χ1) is 31.9. The average Bonchev–Trinajstić information content (AvgIpc) is 3.30. The van der Waals surface area contributed by atoms with Crippen molar-refractivity contribution in [3.8, 4) is 45.8 Å². The van der Waals surface area contributed by atoms with E-state index in [1.165, 1.54) is 55.7 Å². The highest BCUT2D eigenvalue weighted by molar-refractivity contribution is 5.88. The summed E-state index contributed by atoms with van der Waals surface area (Å²) in [5.41, 5.74) is -1.01. The van der Waals surface area contributed by atoms with Crippen LogP contribution in [-0.4, -0.2) is 191 Å². The molecule has 24 nitrogen and oxygen atoms in total. The molecule has 13 N–H and O–H groups in total. The molecule has 0 spiro atoms. The fraction of sp³-hybridized carbons (Fsp3) is 0.442. The molecule has 3 aliphatic rings. The average molecular weight is 949 g/mol. The Hall–Kier alpha value is -5.68. The van der Waals surface area contributed by atoms with Crippen molar-refractivity contribution < 1.29 is 113 Å². The molecule has 1 aromatic heterocycles. The number of phenols is 4. The van der Waals surface area contributed by atoms with Crippen LogP contribution in [0, 0.1) is 0 Å². The van der Waals surface area contributed by atoms with Crippen LogP contribution in [-0.2, 0) is 33.2 Å². The maximum atomic E-state index is 14.3. The van der Waals surface area contributed by atoms with Gasteiger partial charge in [0.1, 0.15) is 89.3 Å². The molecule has 0 bridgehead atoms. The number of carbonyl (C=O) groups is 1. The maximum absolute atomic E-state index is 14.3. The molecule has 4 aromatic rings. The lowest BCUT2D eigenvalue weighted by molar-refractivity contribution is -0.363. The van der Waals surface area contributed by atoms with E-state index in [-0.39, 0.29) is 28.4 Å². The van der Waals surface area contributed by atoms with Crippen LogP contribution in [0.3, 0.4) is 0 Å². The lowest BCUT2D eigenvalue weighted by Gasteiger charge is -2.46. The summed E-state index contributed by atoms with van der Waals surface area (Å²) in [5, 5.41) is 137. The van der Waals surface area contributed by atoms with Crippen molar-refractivity contribution in [2.45, 2.75) is 92.1 Å². The third-order valence-electron chi connectivity index (χ3n) is 11.2. The number of aliphatic hydroxyl groups excluding tert-OH is 9. The minimum absolute atomic E-state index is 0.0594. The number of esters is 1. The molecule has 0 aliphatic carbocycles. The molecule has 7 rings (SSSR count). The Kier molecular flexibility index (Phi) is 15.2. The Labute approximate surface area is 377 Å². The number of ether oxygens (including phenoxy) is 8. The van der Waals surface area contributed by atoms with Gasteiger partial charge in [0.05, 0.1) is 26.9 Å².